The molecule has 5 heteroatoms. The summed E-state index contributed by atoms with van der Waals surface area (Å²) in [4.78, 5) is 18.3. The van der Waals surface area contributed by atoms with E-state index in [9.17, 15) is 4.79 Å². The van der Waals surface area contributed by atoms with E-state index in [1.54, 1.807) is 20.3 Å². The number of fused-ring (bicyclic) bond motifs is 7. The molecule has 1 N–H and O–H groups in total. The van der Waals surface area contributed by atoms with Crippen molar-refractivity contribution in [1.29, 1.82) is 0 Å². The van der Waals surface area contributed by atoms with Crippen LogP contribution in [-0.4, -0.2) is 48.1 Å². The van der Waals surface area contributed by atoms with Gasteiger partial charge in [-0.1, -0.05) is 0 Å². The van der Waals surface area contributed by atoms with E-state index in [4.69, 9.17) is 9.47 Å². The molecule has 1 aliphatic carbocycles. The smallest absolute Gasteiger partial charge is 0.157 e. The highest BCUT2D eigenvalue weighted by molar-refractivity contribution is 5.92. The largest absolute Gasteiger partial charge is 0.497 e. The number of piperidine rings is 1. The lowest BCUT2D eigenvalue weighted by Crippen LogP contribution is -2.61. The van der Waals surface area contributed by atoms with Crippen molar-refractivity contribution >= 4 is 16.7 Å². The Labute approximate surface area is 153 Å². The fraction of sp³-hybridized carbons (Fsp3) is 0.476. The number of carbonyl (C=O) groups is 1. The van der Waals surface area contributed by atoms with E-state index in [0.717, 1.165) is 31.6 Å². The molecule has 0 unspecified atom stereocenters. The predicted octanol–water partition coefficient (Wildman–Crippen LogP) is 3.15. The zero-order chi connectivity index (χ0) is 17.9. The van der Waals surface area contributed by atoms with Crippen molar-refractivity contribution in [3.8, 4) is 5.75 Å². The zero-order valence-corrected chi connectivity index (χ0v) is 15.2. The van der Waals surface area contributed by atoms with Crippen molar-refractivity contribution in [3.63, 3.8) is 0 Å². The number of ether oxygens (including phenoxy) is 2. The van der Waals surface area contributed by atoms with Crippen molar-refractivity contribution < 1.29 is 14.3 Å². The maximum Gasteiger partial charge on any atom is 0.157 e. The molecular weight excluding hydrogens is 328 g/mol. The summed E-state index contributed by atoms with van der Waals surface area (Å²) in [6, 6.07) is 6.69. The van der Waals surface area contributed by atoms with E-state index in [1.165, 1.54) is 22.2 Å². The molecule has 1 aromatic carbocycles. The SMILES string of the molecule is COc1ccc2[nH]c3c(c2c1)CCN1[C@H]3CC[C@@]2(OC)C=CC(=O)C[C@@H]12. The number of benzene rings is 1. The fourth-order valence-electron chi connectivity index (χ4n) is 5.27. The molecule has 5 rings (SSSR count). The monoisotopic (exact) mass is 352 g/mol. The zero-order valence-electron chi connectivity index (χ0n) is 15.2. The molecule has 1 saturated heterocycles. The number of methoxy groups -OCH3 is 2. The van der Waals surface area contributed by atoms with Gasteiger partial charge in [0.05, 0.1) is 19.2 Å². The van der Waals surface area contributed by atoms with Gasteiger partial charge in [-0.3, -0.25) is 9.69 Å². The summed E-state index contributed by atoms with van der Waals surface area (Å²) in [5.41, 5.74) is 3.56. The third-order valence-corrected chi connectivity index (χ3v) is 6.60. The molecule has 3 aliphatic rings. The molecular formula is C21H24N2O3. The highest BCUT2D eigenvalue weighted by atomic mass is 16.5. The number of H-pyrrole nitrogens is 1. The van der Waals surface area contributed by atoms with Crippen LogP contribution in [0.5, 0.6) is 5.75 Å². The fourth-order valence-corrected chi connectivity index (χ4v) is 5.27. The van der Waals surface area contributed by atoms with E-state index < -0.39 is 0 Å². The first-order valence-corrected chi connectivity index (χ1v) is 9.36. The topological polar surface area (TPSA) is 54.6 Å². The first kappa shape index (κ1) is 16.1. The van der Waals surface area contributed by atoms with E-state index in [2.05, 4.69) is 22.0 Å². The van der Waals surface area contributed by atoms with Crippen LogP contribution in [0.25, 0.3) is 10.9 Å². The van der Waals surface area contributed by atoms with Crippen LogP contribution in [0.4, 0.5) is 0 Å². The first-order chi connectivity index (χ1) is 12.6. The van der Waals surface area contributed by atoms with Crippen molar-refractivity contribution in [2.24, 2.45) is 0 Å². The number of hydrogen-bond acceptors (Lipinski definition) is 4. The Balaban J connectivity index is 1.58. The Morgan fingerprint density at radius 2 is 2.19 bits per heavy atom. The third kappa shape index (κ3) is 2.14. The first-order valence-electron chi connectivity index (χ1n) is 9.36. The van der Waals surface area contributed by atoms with Gasteiger partial charge in [-0.25, -0.2) is 0 Å². The molecule has 2 aromatic rings. The van der Waals surface area contributed by atoms with Gasteiger partial charge in [0.15, 0.2) is 5.78 Å². The number of rotatable bonds is 2. The highest BCUT2D eigenvalue weighted by Crippen LogP contribution is 2.48. The predicted molar refractivity (Wildman–Crippen MR) is 99.5 cm³/mol. The van der Waals surface area contributed by atoms with Crippen LogP contribution in [0.1, 0.15) is 36.6 Å². The summed E-state index contributed by atoms with van der Waals surface area (Å²) >= 11 is 0. The number of hydrogen-bond donors (Lipinski definition) is 1. The van der Waals surface area contributed by atoms with Gasteiger partial charge in [0.2, 0.25) is 0 Å². The average molecular weight is 352 g/mol. The lowest BCUT2D eigenvalue weighted by molar-refractivity contribution is -0.131. The highest BCUT2D eigenvalue weighted by Gasteiger charge is 2.51. The molecule has 3 heterocycles. The van der Waals surface area contributed by atoms with Crippen LogP contribution >= 0.6 is 0 Å². The molecule has 0 radical (unpaired) electrons. The summed E-state index contributed by atoms with van der Waals surface area (Å²) in [6.07, 6.45) is 7.21. The average Bonchev–Trinajstić information content (AvgIpc) is 3.05. The lowest BCUT2D eigenvalue weighted by Gasteiger charge is -2.54. The van der Waals surface area contributed by atoms with Crippen LogP contribution in [0, 0.1) is 0 Å². The quantitative estimate of drug-likeness (QED) is 0.902. The number of aromatic nitrogens is 1. The summed E-state index contributed by atoms with van der Waals surface area (Å²) in [5.74, 6) is 1.10. The minimum atomic E-state index is -0.322. The van der Waals surface area contributed by atoms with E-state index in [-0.39, 0.29) is 17.4 Å². The molecule has 0 amide bonds. The molecule has 0 saturated carbocycles. The summed E-state index contributed by atoms with van der Waals surface area (Å²) in [5, 5.41) is 1.27. The van der Waals surface area contributed by atoms with Gasteiger partial charge >= 0.3 is 0 Å². The lowest BCUT2D eigenvalue weighted by atomic mass is 9.73. The minimum absolute atomic E-state index is 0.123. The second-order valence-corrected chi connectivity index (χ2v) is 7.65. The van der Waals surface area contributed by atoms with Crippen LogP contribution in [0.15, 0.2) is 30.4 Å². The summed E-state index contributed by atoms with van der Waals surface area (Å²) < 4.78 is 11.4. The standard InChI is InChI=1S/C21H24N2O3/c1-25-14-3-4-17-16(12-14)15-7-10-23-18(20(15)22-17)6-9-21(26-2)8-5-13(24)11-19(21)23/h3-5,8,12,18-19,22H,6-7,9-11H2,1-2H3/t18-,19+,21-/m0/s1. The normalized spacial score (nSPS) is 30.8. The second kappa shape index (κ2) is 5.69. The Morgan fingerprint density at radius 1 is 1.31 bits per heavy atom. The van der Waals surface area contributed by atoms with Crippen LogP contribution in [-0.2, 0) is 16.0 Å². The number of allylic oxidation sites excluding steroid dienone is 1. The Kier molecular flexibility index (Phi) is 3.52. The van der Waals surface area contributed by atoms with Gasteiger partial charge in [0.1, 0.15) is 11.4 Å². The van der Waals surface area contributed by atoms with Gasteiger partial charge < -0.3 is 14.5 Å². The molecule has 0 spiro atoms. The Morgan fingerprint density at radius 3 is 3.00 bits per heavy atom. The molecule has 1 fully saturated rings. The molecule has 26 heavy (non-hydrogen) atoms. The minimum Gasteiger partial charge on any atom is -0.497 e. The number of carbonyl (C=O) groups excluding carboxylic acids is 1. The third-order valence-electron chi connectivity index (χ3n) is 6.60. The van der Waals surface area contributed by atoms with Gasteiger partial charge in [-0.15, -0.1) is 0 Å². The van der Waals surface area contributed by atoms with Crippen molar-refractivity contribution in [1.82, 2.24) is 9.88 Å². The van der Waals surface area contributed by atoms with Gasteiger partial charge in [-0.2, -0.15) is 0 Å². The Bertz CT molecular complexity index is 915. The van der Waals surface area contributed by atoms with Gasteiger partial charge in [-0.05, 0) is 55.2 Å². The number of ketones is 1. The summed E-state index contributed by atoms with van der Waals surface area (Å²) in [6.45, 7) is 0.957. The van der Waals surface area contributed by atoms with E-state index in [1.807, 2.05) is 12.1 Å². The molecule has 1 aromatic heterocycles. The number of nitrogens with zero attached hydrogens (tertiary/aromatic N) is 1. The molecule has 136 valence electrons. The van der Waals surface area contributed by atoms with E-state index >= 15 is 0 Å². The van der Waals surface area contributed by atoms with Gasteiger partial charge in [0, 0.05) is 36.7 Å². The van der Waals surface area contributed by atoms with Crippen molar-refractivity contribution in [3.05, 3.63) is 41.6 Å². The van der Waals surface area contributed by atoms with Crippen molar-refractivity contribution in [2.45, 2.75) is 43.4 Å². The maximum atomic E-state index is 12.1. The van der Waals surface area contributed by atoms with Crippen LogP contribution in [0.2, 0.25) is 0 Å². The summed E-state index contributed by atoms with van der Waals surface area (Å²) in [7, 11) is 3.49. The van der Waals surface area contributed by atoms with Gasteiger partial charge in [0.25, 0.3) is 0 Å². The molecule has 5 nitrogen and oxygen atoms in total. The number of aromatic amines is 1. The van der Waals surface area contributed by atoms with Crippen molar-refractivity contribution in [2.75, 3.05) is 20.8 Å². The van der Waals surface area contributed by atoms with E-state index in [0.29, 0.717) is 12.5 Å². The number of nitrogens with one attached hydrogen (secondary N) is 1. The molecule has 3 atom stereocenters. The van der Waals surface area contributed by atoms with Crippen LogP contribution < -0.4 is 4.74 Å². The maximum absolute atomic E-state index is 12.1. The van der Waals surface area contributed by atoms with Crippen LogP contribution in [0.3, 0.4) is 0 Å². The molecule has 2 aliphatic heterocycles. The second-order valence-electron chi connectivity index (χ2n) is 7.65. The Hall–Kier alpha value is -2.11. The molecule has 0 bridgehead atoms.